The summed E-state index contributed by atoms with van der Waals surface area (Å²) in [5, 5.41) is 3.20. The van der Waals surface area contributed by atoms with Gasteiger partial charge < -0.3 is 14.8 Å². The summed E-state index contributed by atoms with van der Waals surface area (Å²) in [6.07, 6.45) is 1.47. The van der Waals surface area contributed by atoms with Crippen LogP contribution in [0.1, 0.15) is 5.56 Å². The summed E-state index contributed by atoms with van der Waals surface area (Å²) < 4.78 is 10.2. The summed E-state index contributed by atoms with van der Waals surface area (Å²) in [5.41, 5.74) is 1.12. The first-order chi connectivity index (χ1) is 8.81. The van der Waals surface area contributed by atoms with Crippen LogP contribution < -0.4 is 14.8 Å². The highest BCUT2D eigenvalue weighted by molar-refractivity contribution is 5.39. The van der Waals surface area contributed by atoms with Crippen molar-refractivity contribution in [3.8, 4) is 11.6 Å². The van der Waals surface area contributed by atoms with Crippen molar-refractivity contribution in [3.63, 3.8) is 0 Å². The molecule has 0 fully saturated rings. The minimum atomic E-state index is 0.540. The van der Waals surface area contributed by atoms with Crippen LogP contribution in [0, 0.1) is 0 Å². The maximum atomic E-state index is 5.17. The van der Waals surface area contributed by atoms with Crippen molar-refractivity contribution in [1.82, 2.24) is 9.97 Å². The molecule has 0 aliphatic rings. The molecule has 0 aliphatic carbocycles. The summed E-state index contributed by atoms with van der Waals surface area (Å²) in [7, 11) is 3.23. The van der Waals surface area contributed by atoms with Gasteiger partial charge in [-0.1, -0.05) is 12.1 Å². The Labute approximate surface area is 106 Å². The molecule has 0 aliphatic heterocycles. The Morgan fingerprint density at radius 1 is 1.11 bits per heavy atom. The van der Waals surface area contributed by atoms with Gasteiger partial charge in [-0.15, -0.1) is 0 Å². The van der Waals surface area contributed by atoms with Crippen molar-refractivity contribution < 1.29 is 9.47 Å². The van der Waals surface area contributed by atoms with Crippen LogP contribution in [0.15, 0.2) is 36.7 Å². The van der Waals surface area contributed by atoms with Gasteiger partial charge in [-0.25, -0.2) is 9.97 Å². The van der Waals surface area contributed by atoms with Gasteiger partial charge in [0.15, 0.2) is 0 Å². The van der Waals surface area contributed by atoms with Crippen molar-refractivity contribution in [2.24, 2.45) is 0 Å². The van der Waals surface area contributed by atoms with E-state index in [0.717, 1.165) is 17.1 Å². The fourth-order valence-corrected chi connectivity index (χ4v) is 1.52. The molecule has 0 radical (unpaired) electrons. The van der Waals surface area contributed by atoms with Crippen LogP contribution in [0.3, 0.4) is 0 Å². The number of nitrogens with zero attached hydrogens (tertiary/aromatic N) is 2. The molecule has 0 saturated carbocycles. The normalized spacial score (nSPS) is 9.89. The molecule has 5 heteroatoms. The van der Waals surface area contributed by atoms with E-state index in [0.29, 0.717) is 12.4 Å². The first-order valence-corrected chi connectivity index (χ1v) is 5.54. The van der Waals surface area contributed by atoms with Crippen LogP contribution in [0.2, 0.25) is 0 Å². The Balaban J connectivity index is 2.01. The monoisotopic (exact) mass is 245 g/mol. The van der Waals surface area contributed by atoms with Gasteiger partial charge in [0.25, 0.3) is 0 Å². The van der Waals surface area contributed by atoms with Crippen molar-refractivity contribution in [2.75, 3.05) is 19.5 Å². The fraction of sp³-hybridized carbons (Fsp3) is 0.231. The van der Waals surface area contributed by atoms with Crippen LogP contribution in [-0.4, -0.2) is 24.2 Å². The predicted molar refractivity (Wildman–Crippen MR) is 68.9 cm³/mol. The molecule has 0 saturated heterocycles. The van der Waals surface area contributed by atoms with E-state index >= 15 is 0 Å². The minimum absolute atomic E-state index is 0.540. The number of anilines is 1. The molecule has 2 aromatic rings. The maximum absolute atomic E-state index is 5.17. The molecular weight excluding hydrogens is 230 g/mol. The average molecular weight is 245 g/mol. The second-order valence-corrected chi connectivity index (χ2v) is 3.65. The minimum Gasteiger partial charge on any atom is -0.497 e. The third kappa shape index (κ3) is 3.10. The van der Waals surface area contributed by atoms with E-state index in [1.807, 2.05) is 24.3 Å². The van der Waals surface area contributed by atoms with Crippen molar-refractivity contribution in [2.45, 2.75) is 6.54 Å². The van der Waals surface area contributed by atoms with Gasteiger partial charge in [-0.2, -0.15) is 0 Å². The topological polar surface area (TPSA) is 56.3 Å². The van der Waals surface area contributed by atoms with E-state index in [4.69, 9.17) is 9.47 Å². The molecule has 0 amide bonds. The van der Waals surface area contributed by atoms with Crippen LogP contribution in [0.25, 0.3) is 0 Å². The van der Waals surface area contributed by atoms with Crippen molar-refractivity contribution in [3.05, 3.63) is 42.2 Å². The molecule has 0 unspecified atom stereocenters. The van der Waals surface area contributed by atoms with E-state index in [1.54, 1.807) is 20.3 Å². The zero-order valence-electron chi connectivity index (χ0n) is 10.4. The number of ether oxygens (including phenoxy) is 2. The van der Waals surface area contributed by atoms with E-state index < -0.39 is 0 Å². The maximum Gasteiger partial charge on any atom is 0.218 e. The Morgan fingerprint density at radius 3 is 2.78 bits per heavy atom. The Kier molecular flexibility index (Phi) is 3.96. The lowest BCUT2D eigenvalue weighted by atomic mass is 10.2. The van der Waals surface area contributed by atoms with Gasteiger partial charge in [0, 0.05) is 12.6 Å². The third-order valence-corrected chi connectivity index (χ3v) is 2.46. The van der Waals surface area contributed by atoms with E-state index in [2.05, 4.69) is 15.3 Å². The average Bonchev–Trinajstić information content (AvgIpc) is 2.45. The zero-order chi connectivity index (χ0) is 12.8. The summed E-state index contributed by atoms with van der Waals surface area (Å²) >= 11 is 0. The molecule has 0 atom stereocenters. The molecule has 0 spiro atoms. The summed E-state index contributed by atoms with van der Waals surface area (Å²) in [6.45, 7) is 0.664. The molecule has 18 heavy (non-hydrogen) atoms. The molecule has 0 bridgehead atoms. The second-order valence-electron chi connectivity index (χ2n) is 3.65. The van der Waals surface area contributed by atoms with E-state index in [1.165, 1.54) is 6.33 Å². The SMILES string of the molecule is COc1cccc(CNc2cc(OC)ncn2)c1. The summed E-state index contributed by atoms with van der Waals surface area (Å²) in [5.74, 6) is 2.11. The Hall–Kier alpha value is -2.30. The van der Waals surface area contributed by atoms with Gasteiger partial charge in [-0.3, -0.25) is 0 Å². The fourth-order valence-electron chi connectivity index (χ4n) is 1.52. The molecular formula is C13H15N3O2. The lowest BCUT2D eigenvalue weighted by Gasteiger charge is -2.07. The lowest BCUT2D eigenvalue weighted by molar-refractivity contribution is 0.397. The van der Waals surface area contributed by atoms with E-state index in [9.17, 15) is 0 Å². The zero-order valence-corrected chi connectivity index (χ0v) is 10.4. The van der Waals surface area contributed by atoms with Crippen LogP contribution in [0.5, 0.6) is 11.6 Å². The lowest BCUT2D eigenvalue weighted by Crippen LogP contribution is -2.02. The van der Waals surface area contributed by atoms with Gasteiger partial charge in [0.1, 0.15) is 17.9 Å². The Morgan fingerprint density at radius 2 is 2.00 bits per heavy atom. The number of hydrogen-bond acceptors (Lipinski definition) is 5. The van der Waals surface area contributed by atoms with E-state index in [-0.39, 0.29) is 0 Å². The highest BCUT2D eigenvalue weighted by atomic mass is 16.5. The quantitative estimate of drug-likeness (QED) is 0.874. The first-order valence-electron chi connectivity index (χ1n) is 5.54. The number of nitrogens with one attached hydrogen (secondary N) is 1. The first kappa shape index (κ1) is 12.2. The smallest absolute Gasteiger partial charge is 0.218 e. The largest absolute Gasteiger partial charge is 0.497 e. The Bertz CT molecular complexity index is 470. The number of rotatable bonds is 5. The molecule has 1 heterocycles. The molecule has 2 rings (SSSR count). The summed E-state index contributed by atoms with van der Waals surface area (Å²) in [4.78, 5) is 8.06. The number of methoxy groups -OCH3 is 2. The van der Waals surface area contributed by atoms with Crippen LogP contribution in [-0.2, 0) is 6.54 Å². The highest BCUT2D eigenvalue weighted by Crippen LogP contribution is 2.15. The van der Waals surface area contributed by atoms with Crippen molar-refractivity contribution in [1.29, 1.82) is 0 Å². The van der Waals surface area contributed by atoms with Gasteiger partial charge >= 0.3 is 0 Å². The number of benzene rings is 1. The molecule has 1 aromatic carbocycles. The molecule has 1 N–H and O–H groups in total. The summed E-state index contributed by atoms with van der Waals surface area (Å²) in [6, 6.07) is 9.62. The number of hydrogen-bond donors (Lipinski definition) is 1. The van der Waals surface area contributed by atoms with Crippen molar-refractivity contribution >= 4 is 5.82 Å². The number of aromatic nitrogens is 2. The molecule has 1 aromatic heterocycles. The molecule has 94 valence electrons. The standard InChI is InChI=1S/C13H15N3O2/c1-17-11-5-3-4-10(6-11)8-14-12-7-13(18-2)16-9-15-12/h3-7,9H,8H2,1-2H3,(H,14,15,16). The molecule has 5 nitrogen and oxygen atoms in total. The second kappa shape index (κ2) is 5.86. The highest BCUT2D eigenvalue weighted by Gasteiger charge is 1.99. The third-order valence-electron chi connectivity index (χ3n) is 2.46. The van der Waals surface area contributed by atoms with Crippen LogP contribution >= 0.6 is 0 Å². The van der Waals surface area contributed by atoms with Gasteiger partial charge in [0.05, 0.1) is 14.2 Å². The van der Waals surface area contributed by atoms with Gasteiger partial charge in [0.2, 0.25) is 5.88 Å². The van der Waals surface area contributed by atoms with Crippen LogP contribution in [0.4, 0.5) is 5.82 Å². The van der Waals surface area contributed by atoms with Gasteiger partial charge in [-0.05, 0) is 17.7 Å². The predicted octanol–water partition coefficient (Wildman–Crippen LogP) is 2.11.